The number of carbonyl (C=O) groups excluding carboxylic acids is 1. The van der Waals surface area contributed by atoms with Crippen molar-refractivity contribution in [2.45, 2.75) is 6.54 Å². The Labute approximate surface area is 123 Å². The molecule has 1 aliphatic rings. The average molecular weight is 286 g/mol. The molecular weight excluding hydrogens is 268 g/mol. The van der Waals surface area contributed by atoms with Crippen molar-refractivity contribution in [3.05, 3.63) is 54.0 Å². The van der Waals surface area contributed by atoms with Gasteiger partial charge in [0.1, 0.15) is 6.54 Å². The molecule has 5 heteroatoms. The lowest BCUT2D eigenvalue weighted by molar-refractivity contribution is -0.915. The van der Waals surface area contributed by atoms with Crippen LogP contribution in [0.15, 0.2) is 47.1 Å². The van der Waals surface area contributed by atoms with Crippen molar-refractivity contribution in [3.63, 3.8) is 0 Å². The number of carboxylic acids is 1. The maximum atomic E-state index is 10.7. The third-order valence-electron chi connectivity index (χ3n) is 3.94. The van der Waals surface area contributed by atoms with E-state index in [-0.39, 0.29) is 5.56 Å². The Morgan fingerprint density at radius 3 is 2.48 bits per heavy atom. The fourth-order valence-electron chi connectivity index (χ4n) is 2.73. The van der Waals surface area contributed by atoms with Gasteiger partial charge in [-0.3, -0.25) is 0 Å². The van der Waals surface area contributed by atoms with E-state index in [9.17, 15) is 9.90 Å². The van der Waals surface area contributed by atoms with E-state index in [1.54, 1.807) is 18.4 Å². The average Bonchev–Trinajstić information content (AvgIpc) is 3.01. The van der Waals surface area contributed by atoms with Crippen LogP contribution in [0, 0.1) is 0 Å². The highest BCUT2D eigenvalue weighted by molar-refractivity contribution is 5.86. The van der Waals surface area contributed by atoms with Crippen LogP contribution in [-0.4, -0.2) is 32.1 Å². The Kier molecular flexibility index (Phi) is 3.92. The summed E-state index contributed by atoms with van der Waals surface area (Å²) in [6, 6.07) is 10.8. The fraction of sp³-hybridized carbons (Fsp3) is 0.312. The number of nitrogens with one attached hydrogen (secondary N) is 1. The largest absolute Gasteiger partial charge is 0.545 e. The molecule has 0 amide bonds. The van der Waals surface area contributed by atoms with Gasteiger partial charge in [-0.05, 0) is 29.8 Å². The van der Waals surface area contributed by atoms with Gasteiger partial charge < -0.3 is 24.1 Å². The number of piperazine rings is 1. The van der Waals surface area contributed by atoms with E-state index in [1.165, 1.54) is 4.90 Å². The van der Waals surface area contributed by atoms with Gasteiger partial charge in [-0.1, -0.05) is 12.1 Å². The minimum absolute atomic E-state index is 0.223. The number of furan rings is 1. The topological polar surface area (TPSA) is 60.9 Å². The van der Waals surface area contributed by atoms with Crippen LogP contribution in [0.5, 0.6) is 0 Å². The number of rotatable bonds is 4. The van der Waals surface area contributed by atoms with Gasteiger partial charge in [0.15, 0.2) is 5.76 Å². The van der Waals surface area contributed by atoms with Gasteiger partial charge in [-0.25, -0.2) is 0 Å². The van der Waals surface area contributed by atoms with Crippen molar-refractivity contribution in [1.29, 1.82) is 0 Å². The fourth-order valence-corrected chi connectivity index (χ4v) is 2.73. The summed E-state index contributed by atoms with van der Waals surface area (Å²) >= 11 is 0. The molecule has 0 atom stereocenters. The third kappa shape index (κ3) is 3.25. The number of aromatic carboxylic acids is 1. The van der Waals surface area contributed by atoms with Crippen LogP contribution < -0.4 is 14.9 Å². The first-order chi connectivity index (χ1) is 10.2. The monoisotopic (exact) mass is 286 g/mol. The molecule has 0 aliphatic carbocycles. The summed E-state index contributed by atoms with van der Waals surface area (Å²) < 4.78 is 5.39. The molecule has 5 nitrogen and oxygen atoms in total. The van der Waals surface area contributed by atoms with Gasteiger partial charge >= 0.3 is 0 Å². The van der Waals surface area contributed by atoms with Crippen molar-refractivity contribution in [3.8, 4) is 0 Å². The van der Waals surface area contributed by atoms with Crippen LogP contribution in [0.4, 0.5) is 5.69 Å². The van der Waals surface area contributed by atoms with Crippen molar-refractivity contribution < 1.29 is 19.2 Å². The lowest BCUT2D eigenvalue weighted by Crippen LogP contribution is -3.13. The van der Waals surface area contributed by atoms with Gasteiger partial charge in [0, 0.05) is 5.69 Å². The highest BCUT2D eigenvalue weighted by atomic mass is 16.4. The summed E-state index contributed by atoms with van der Waals surface area (Å²) in [6.07, 6.45) is 1.71. The number of anilines is 1. The molecule has 1 N–H and O–H groups in total. The van der Waals surface area contributed by atoms with E-state index >= 15 is 0 Å². The normalized spacial score (nSPS) is 16.1. The summed E-state index contributed by atoms with van der Waals surface area (Å²) in [6.45, 7) is 4.93. The summed E-state index contributed by atoms with van der Waals surface area (Å²) in [4.78, 5) is 14.5. The smallest absolute Gasteiger partial charge is 0.157 e. The molecule has 0 saturated carbocycles. The summed E-state index contributed by atoms with van der Waals surface area (Å²) in [5.74, 6) is -0.106. The molecule has 3 rings (SSSR count). The Hall–Kier alpha value is -2.27. The van der Waals surface area contributed by atoms with Gasteiger partial charge in [0.05, 0.1) is 38.4 Å². The predicted octanol–water partition coefficient (Wildman–Crippen LogP) is -0.452. The van der Waals surface area contributed by atoms with Crippen LogP contribution in [-0.2, 0) is 6.54 Å². The predicted molar refractivity (Wildman–Crippen MR) is 76.1 cm³/mol. The molecule has 0 unspecified atom stereocenters. The standard InChI is InChI=1S/C16H18N2O3/c19-16(20)13-3-5-14(6-4-13)18-9-7-17(8-10-18)12-15-2-1-11-21-15/h1-6,11H,7-10,12H2,(H,19,20). The lowest BCUT2D eigenvalue weighted by atomic mass is 10.2. The van der Waals surface area contributed by atoms with E-state index < -0.39 is 5.97 Å². The number of benzene rings is 1. The summed E-state index contributed by atoms with van der Waals surface area (Å²) in [5, 5.41) is 10.7. The molecule has 0 spiro atoms. The van der Waals surface area contributed by atoms with Crippen LogP contribution in [0.1, 0.15) is 16.1 Å². The van der Waals surface area contributed by atoms with E-state index in [0.717, 1.165) is 44.2 Å². The molecule has 1 aromatic heterocycles. The molecule has 110 valence electrons. The number of hydrogen-bond donors (Lipinski definition) is 1. The van der Waals surface area contributed by atoms with Gasteiger partial charge in [0.2, 0.25) is 0 Å². The summed E-state index contributed by atoms with van der Waals surface area (Å²) in [5.41, 5.74) is 1.29. The first-order valence-corrected chi connectivity index (χ1v) is 7.15. The van der Waals surface area contributed by atoms with Crippen LogP contribution in [0.2, 0.25) is 0 Å². The van der Waals surface area contributed by atoms with E-state index in [2.05, 4.69) is 4.90 Å². The maximum absolute atomic E-state index is 10.7. The molecule has 1 aliphatic heterocycles. The Morgan fingerprint density at radius 1 is 1.19 bits per heavy atom. The molecule has 2 aromatic rings. The first-order valence-electron chi connectivity index (χ1n) is 7.15. The number of quaternary nitrogens is 1. The van der Waals surface area contributed by atoms with Gasteiger partial charge in [-0.15, -0.1) is 0 Å². The second-order valence-electron chi connectivity index (χ2n) is 5.33. The van der Waals surface area contributed by atoms with Crippen molar-refractivity contribution in [2.24, 2.45) is 0 Å². The van der Waals surface area contributed by atoms with Crippen LogP contribution in [0.25, 0.3) is 0 Å². The van der Waals surface area contributed by atoms with E-state index in [0.29, 0.717) is 0 Å². The molecular formula is C16H18N2O3. The second-order valence-corrected chi connectivity index (χ2v) is 5.33. The van der Waals surface area contributed by atoms with E-state index in [4.69, 9.17) is 4.42 Å². The maximum Gasteiger partial charge on any atom is 0.157 e. The molecule has 21 heavy (non-hydrogen) atoms. The number of nitrogens with zero attached hydrogens (tertiary/aromatic N) is 1. The van der Waals surface area contributed by atoms with Crippen molar-refractivity contribution >= 4 is 11.7 Å². The first kappa shape index (κ1) is 13.7. The third-order valence-corrected chi connectivity index (χ3v) is 3.94. The zero-order valence-corrected chi connectivity index (χ0v) is 11.7. The summed E-state index contributed by atoms with van der Waals surface area (Å²) in [7, 11) is 0. The minimum Gasteiger partial charge on any atom is -0.545 e. The molecule has 2 heterocycles. The highest BCUT2D eigenvalue weighted by Gasteiger charge is 2.20. The SMILES string of the molecule is O=C([O-])c1ccc(N2CC[NH+](Cc3ccco3)CC2)cc1. The van der Waals surface area contributed by atoms with Crippen LogP contribution in [0.3, 0.4) is 0 Å². The molecule has 0 bridgehead atoms. The number of carbonyl (C=O) groups is 1. The van der Waals surface area contributed by atoms with Crippen molar-refractivity contribution in [2.75, 3.05) is 31.1 Å². The Balaban J connectivity index is 1.56. The number of hydrogen-bond acceptors (Lipinski definition) is 4. The quantitative estimate of drug-likeness (QED) is 0.827. The molecule has 1 aromatic carbocycles. The van der Waals surface area contributed by atoms with Crippen molar-refractivity contribution in [1.82, 2.24) is 0 Å². The van der Waals surface area contributed by atoms with E-state index in [1.807, 2.05) is 24.3 Å². The molecule has 1 fully saturated rings. The second kappa shape index (κ2) is 6.01. The zero-order valence-electron chi connectivity index (χ0n) is 11.7. The molecule has 1 saturated heterocycles. The molecule has 0 radical (unpaired) electrons. The number of carboxylic acid groups (broad SMARTS) is 1. The van der Waals surface area contributed by atoms with Crippen LogP contribution >= 0.6 is 0 Å². The Morgan fingerprint density at radius 2 is 1.90 bits per heavy atom. The minimum atomic E-state index is -1.13. The lowest BCUT2D eigenvalue weighted by Gasteiger charge is -2.33. The Bertz CT molecular complexity index is 584. The van der Waals surface area contributed by atoms with Gasteiger partial charge in [0.25, 0.3) is 0 Å². The zero-order chi connectivity index (χ0) is 14.7. The van der Waals surface area contributed by atoms with Gasteiger partial charge in [-0.2, -0.15) is 0 Å². The highest BCUT2D eigenvalue weighted by Crippen LogP contribution is 2.15.